The van der Waals surface area contributed by atoms with Crippen LogP contribution in [0.5, 0.6) is 0 Å². The molecule has 0 heterocycles. The van der Waals surface area contributed by atoms with Gasteiger partial charge < -0.3 is 28.5 Å². The minimum atomic E-state index is -4.71. The van der Waals surface area contributed by atoms with E-state index in [4.69, 9.17) is 13.8 Å². The van der Waals surface area contributed by atoms with Crippen molar-refractivity contribution in [3.8, 4) is 0 Å². The smallest absolute Gasteiger partial charge is 0.306 e. The van der Waals surface area contributed by atoms with E-state index in [2.05, 4.69) is 86.8 Å². The third kappa shape index (κ3) is 56.0. The lowest BCUT2D eigenvalue weighted by Crippen LogP contribution is -2.47. The van der Waals surface area contributed by atoms with Gasteiger partial charge in [0.1, 0.15) is 19.3 Å². The first-order chi connectivity index (χ1) is 36.4. The molecular formula is C65H119N2O7P. The summed E-state index contributed by atoms with van der Waals surface area (Å²) in [5.41, 5.74) is 0. The van der Waals surface area contributed by atoms with Gasteiger partial charge in [-0.05, 0) is 96.0 Å². The number of phosphoric ester groups is 1. The normalized spacial score (nSPS) is 14.2. The summed E-state index contributed by atoms with van der Waals surface area (Å²) in [6.45, 7) is 6.78. The highest BCUT2D eigenvalue weighted by atomic mass is 31.2. The molecule has 0 aliphatic heterocycles. The second kappa shape index (κ2) is 54.8. The fourth-order valence-electron chi connectivity index (χ4n) is 8.75. The number of ether oxygens (including phenoxy) is 1. The second-order valence-corrected chi connectivity index (χ2v) is 23.6. The van der Waals surface area contributed by atoms with Crippen LogP contribution < -0.4 is 10.2 Å². The molecule has 0 radical (unpaired) electrons. The van der Waals surface area contributed by atoms with Crippen LogP contribution in [0.15, 0.2) is 72.9 Å². The van der Waals surface area contributed by atoms with Crippen molar-refractivity contribution in [1.29, 1.82) is 0 Å². The second-order valence-electron chi connectivity index (χ2n) is 22.2. The van der Waals surface area contributed by atoms with Gasteiger partial charge >= 0.3 is 5.97 Å². The Hall–Kier alpha value is -2.55. The van der Waals surface area contributed by atoms with E-state index in [1.165, 1.54) is 135 Å². The molecule has 75 heavy (non-hydrogen) atoms. The van der Waals surface area contributed by atoms with E-state index in [-0.39, 0.29) is 24.9 Å². The predicted molar refractivity (Wildman–Crippen MR) is 321 cm³/mol. The summed E-state index contributed by atoms with van der Waals surface area (Å²) in [5, 5.41) is 3.02. The number of carbonyl (C=O) groups excluding carboxylic acids is 2. The highest BCUT2D eigenvalue weighted by Gasteiger charge is 2.27. The minimum absolute atomic E-state index is 0.0280. The van der Waals surface area contributed by atoms with Crippen molar-refractivity contribution in [2.75, 3.05) is 40.9 Å². The van der Waals surface area contributed by atoms with Gasteiger partial charge in [0.2, 0.25) is 5.91 Å². The lowest BCUT2D eigenvalue weighted by molar-refractivity contribution is -0.870. The summed E-state index contributed by atoms with van der Waals surface area (Å²) < 4.78 is 30.3. The molecule has 0 spiro atoms. The first-order valence-corrected chi connectivity index (χ1v) is 32.7. The highest BCUT2D eigenvalue weighted by Crippen LogP contribution is 2.38. The quantitative estimate of drug-likeness (QED) is 0.0161. The fraction of sp³-hybridized carbons (Fsp3) is 0.785. The maximum absolute atomic E-state index is 13.5. The summed E-state index contributed by atoms with van der Waals surface area (Å²) >= 11 is 0. The molecule has 9 nitrogen and oxygen atoms in total. The molecule has 10 heteroatoms. The molecule has 0 aromatic heterocycles. The van der Waals surface area contributed by atoms with E-state index in [0.717, 1.165) is 103 Å². The number of esters is 1. The molecular weight excluding hydrogens is 952 g/mol. The molecule has 1 amide bonds. The molecule has 0 aliphatic rings. The Morgan fingerprint density at radius 2 is 0.853 bits per heavy atom. The Bertz CT molecular complexity index is 1510. The number of carbonyl (C=O) groups is 2. The van der Waals surface area contributed by atoms with Crippen molar-refractivity contribution in [3.63, 3.8) is 0 Å². The number of quaternary nitrogens is 1. The maximum Gasteiger partial charge on any atom is 0.306 e. The van der Waals surface area contributed by atoms with Gasteiger partial charge in [-0.3, -0.25) is 14.2 Å². The average Bonchev–Trinajstić information content (AvgIpc) is 3.37. The van der Waals surface area contributed by atoms with Crippen LogP contribution in [0.4, 0.5) is 0 Å². The molecule has 3 atom stereocenters. The van der Waals surface area contributed by atoms with Gasteiger partial charge in [0.05, 0.1) is 33.8 Å². The van der Waals surface area contributed by atoms with Crippen LogP contribution in [-0.4, -0.2) is 69.4 Å². The van der Waals surface area contributed by atoms with Crippen LogP contribution in [0.25, 0.3) is 0 Å². The van der Waals surface area contributed by atoms with Crippen molar-refractivity contribution in [3.05, 3.63) is 72.9 Å². The molecule has 0 bridgehead atoms. The number of allylic oxidation sites excluding steroid dienone is 11. The standard InChI is InChI=1S/C65H119N2O7P/c1-7-10-13-16-19-22-25-28-30-31-32-33-34-35-37-39-42-45-48-51-54-57-64(68)66-62(61-73-75(70,71)72-60-59-67(4,5)6)63(56-53-50-47-44-41-38-27-24-21-18-15-12-9-3)74-65(69)58-55-52-49-46-43-40-36-29-26-23-20-17-14-11-8-2/h19-20,22-23,26,28-30,32-33,53,56,62-63H,7-18,21,24-25,27,31,34-52,54-55,57-61H2,1-6H3,(H-,66,68,70,71)/b22-19-,23-20+,29-26+,30-28-,33-32-,56-53-. The van der Waals surface area contributed by atoms with E-state index in [0.29, 0.717) is 23.9 Å². The Morgan fingerprint density at radius 3 is 1.32 bits per heavy atom. The minimum Gasteiger partial charge on any atom is -0.756 e. The van der Waals surface area contributed by atoms with Crippen LogP contribution in [0.3, 0.4) is 0 Å². The number of phosphoric acid groups is 1. The number of amides is 1. The van der Waals surface area contributed by atoms with Crippen LogP contribution in [0, 0.1) is 0 Å². The number of unbranched alkanes of at least 4 members (excludes halogenated alkanes) is 31. The Balaban J connectivity index is 5.29. The Morgan fingerprint density at radius 1 is 0.480 bits per heavy atom. The van der Waals surface area contributed by atoms with Crippen LogP contribution in [-0.2, 0) is 27.9 Å². The number of rotatable bonds is 56. The Labute approximate surface area is 463 Å². The summed E-state index contributed by atoms with van der Waals surface area (Å²) in [6.07, 6.45) is 70.0. The van der Waals surface area contributed by atoms with Gasteiger partial charge in [-0.1, -0.05) is 242 Å². The monoisotopic (exact) mass is 1070 g/mol. The molecule has 3 unspecified atom stereocenters. The largest absolute Gasteiger partial charge is 0.756 e. The molecule has 0 saturated heterocycles. The van der Waals surface area contributed by atoms with Gasteiger partial charge in [0.15, 0.2) is 0 Å². The first-order valence-electron chi connectivity index (χ1n) is 31.3. The van der Waals surface area contributed by atoms with E-state index < -0.39 is 26.6 Å². The third-order valence-corrected chi connectivity index (χ3v) is 14.6. The third-order valence-electron chi connectivity index (χ3n) is 13.6. The van der Waals surface area contributed by atoms with Gasteiger partial charge in [0, 0.05) is 12.8 Å². The van der Waals surface area contributed by atoms with Crippen molar-refractivity contribution in [2.45, 2.75) is 290 Å². The van der Waals surface area contributed by atoms with Crippen molar-refractivity contribution in [1.82, 2.24) is 5.32 Å². The van der Waals surface area contributed by atoms with Crippen LogP contribution in [0.2, 0.25) is 0 Å². The maximum atomic E-state index is 13.5. The van der Waals surface area contributed by atoms with Crippen LogP contribution in [0.1, 0.15) is 278 Å². The molecule has 0 fully saturated rings. The van der Waals surface area contributed by atoms with Crippen LogP contribution >= 0.6 is 7.82 Å². The van der Waals surface area contributed by atoms with E-state index in [1.54, 1.807) is 0 Å². The zero-order valence-electron chi connectivity index (χ0n) is 49.7. The predicted octanol–water partition coefficient (Wildman–Crippen LogP) is 18.6. The lowest BCUT2D eigenvalue weighted by Gasteiger charge is -2.30. The topological polar surface area (TPSA) is 114 Å². The molecule has 436 valence electrons. The van der Waals surface area contributed by atoms with E-state index >= 15 is 0 Å². The SMILES string of the molecule is CCCCC/C=C\C/C=C\C/C=C\CCCCCCCCCCC(=O)NC(COP(=O)([O-])OCC[N+](C)(C)C)C(/C=C\CCCCCCCCCCCCC)OC(=O)CCCCCCCC/C=C/C=C/CCCCC. The first kappa shape index (κ1) is 72.5. The summed E-state index contributed by atoms with van der Waals surface area (Å²) in [5.74, 6) is -0.560. The molecule has 0 rings (SSSR count). The van der Waals surface area contributed by atoms with E-state index in [9.17, 15) is 19.0 Å². The summed E-state index contributed by atoms with van der Waals surface area (Å²) in [4.78, 5) is 40.0. The Kier molecular flexibility index (Phi) is 52.9. The molecule has 0 aromatic carbocycles. The zero-order valence-corrected chi connectivity index (χ0v) is 50.6. The van der Waals surface area contributed by atoms with Gasteiger partial charge in [-0.15, -0.1) is 0 Å². The van der Waals surface area contributed by atoms with Crippen molar-refractivity contribution >= 4 is 19.7 Å². The van der Waals surface area contributed by atoms with Crippen molar-refractivity contribution < 1.29 is 37.3 Å². The highest BCUT2D eigenvalue weighted by molar-refractivity contribution is 7.45. The summed E-state index contributed by atoms with van der Waals surface area (Å²) in [6, 6.07) is -0.900. The number of nitrogens with zero attached hydrogens (tertiary/aromatic N) is 1. The van der Waals surface area contributed by atoms with E-state index in [1.807, 2.05) is 33.3 Å². The number of nitrogens with one attached hydrogen (secondary N) is 1. The summed E-state index contributed by atoms with van der Waals surface area (Å²) in [7, 11) is 1.17. The van der Waals surface area contributed by atoms with Gasteiger partial charge in [-0.2, -0.15) is 0 Å². The van der Waals surface area contributed by atoms with Gasteiger partial charge in [0.25, 0.3) is 7.82 Å². The molecule has 0 aliphatic carbocycles. The average molecular weight is 1070 g/mol. The number of likely N-dealkylation sites (N-methyl/N-ethyl adjacent to an activating group) is 1. The zero-order chi connectivity index (χ0) is 55.0. The molecule has 1 N–H and O–H groups in total. The molecule has 0 aromatic rings. The fourth-order valence-corrected chi connectivity index (χ4v) is 9.48. The lowest BCUT2D eigenvalue weighted by atomic mass is 10.0. The number of hydrogen-bond donors (Lipinski definition) is 1. The number of hydrogen-bond acceptors (Lipinski definition) is 7. The van der Waals surface area contributed by atoms with Crippen molar-refractivity contribution in [2.24, 2.45) is 0 Å². The van der Waals surface area contributed by atoms with Gasteiger partial charge in [-0.25, -0.2) is 0 Å². The molecule has 0 saturated carbocycles.